The maximum absolute atomic E-state index is 12.4. The Morgan fingerprint density at radius 3 is 2.50 bits per heavy atom. The molecule has 134 valence electrons. The summed E-state index contributed by atoms with van der Waals surface area (Å²) >= 11 is 1.13. The van der Waals surface area contributed by atoms with E-state index in [4.69, 9.17) is 9.15 Å². The van der Waals surface area contributed by atoms with E-state index in [2.05, 4.69) is 4.98 Å². The van der Waals surface area contributed by atoms with Gasteiger partial charge in [-0.15, -0.1) is 0 Å². The van der Waals surface area contributed by atoms with E-state index in [9.17, 15) is 9.59 Å². The minimum Gasteiger partial charge on any atom is -0.447 e. The lowest BCUT2D eigenvalue weighted by Crippen LogP contribution is -2.31. The molecule has 0 N–H and O–H groups in total. The molecule has 0 spiro atoms. The quantitative estimate of drug-likeness (QED) is 0.490. The van der Waals surface area contributed by atoms with Gasteiger partial charge in [0.2, 0.25) is 6.10 Å². The molecule has 0 radical (unpaired) electrons. The van der Waals surface area contributed by atoms with Gasteiger partial charge in [-0.25, -0.2) is 4.98 Å². The average molecular weight is 370 g/mol. The molecule has 0 aliphatic rings. The molecule has 1 heterocycles. The Kier molecular flexibility index (Phi) is 5.58. The third kappa shape index (κ3) is 4.23. The lowest BCUT2D eigenvalue weighted by atomic mass is 10.1. The summed E-state index contributed by atoms with van der Waals surface area (Å²) in [6.45, 7) is 0. The minimum atomic E-state index is -0.970. The molecule has 1 atom stereocenters. The van der Waals surface area contributed by atoms with Gasteiger partial charge in [-0.05, 0) is 12.1 Å². The zero-order valence-electron chi connectivity index (χ0n) is 14.4. The lowest BCUT2D eigenvalue weighted by Gasteiger charge is -2.21. The number of nitrogens with zero attached hydrogens (tertiary/aromatic N) is 2. The van der Waals surface area contributed by atoms with Gasteiger partial charge in [-0.2, -0.15) is 0 Å². The van der Waals surface area contributed by atoms with Gasteiger partial charge in [0.25, 0.3) is 11.1 Å². The summed E-state index contributed by atoms with van der Waals surface area (Å²) < 4.78 is 11.0. The van der Waals surface area contributed by atoms with Gasteiger partial charge < -0.3 is 14.1 Å². The first-order valence-electron chi connectivity index (χ1n) is 7.98. The fourth-order valence-electron chi connectivity index (χ4n) is 2.32. The molecular weight excluding hydrogens is 352 g/mol. The average Bonchev–Trinajstić information content (AvgIpc) is 3.07. The molecule has 0 fully saturated rings. The first-order valence-corrected chi connectivity index (χ1v) is 8.97. The second-order valence-electron chi connectivity index (χ2n) is 5.75. The molecule has 0 unspecified atom stereocenters. The molecule has 1 aromatic heterocycles. The summed E-state index contributed by atoms with van der Waals surface area (Å²) in [5, 5.41) is 0.387. The number of aromatic nitrogens is 1. The van der Waals surface area contributed by atoms with Crippen molar-refractivity contribution in [2.45, 2.75) is 11.3 Å². The van der Waals surface area contributed by atoms with Crippen LogP contribution >= 0.6 is 11.8 Å². The summed E-state index contributed by atoms with van der Waals surface area (Å²) in [6, 6.07) is 16.3. The first kappa shape index (κ1) is 18.0. The monoisotopic (exact) mass is 370 g/mol. The van der Waals surface area contributed by atoms with Gasteiger partial charge in [0.1, 0.15) is 11.3 Å². The van der Waals surface area contributed by atoms with Gasteiger partial charge >= 0.3 is 5.97 Å². The van der Waals surface area contributed by atoms with E-state index in [1.54, 1.807) is 38.4 Å². The predicted octanol–water partition coefficient (Wildman–Crippen LogP) is 3.29. The highest BCUT2D eigenvalue weighted by Gasteiger charge is 2.26. The van der Waals surface area contributed by atoms with Gasteiger partial charge in [-0.1, -0.05) is 54.2 Å². The molecule has 0 bridgehead atoms. The van der Waals surface area contributed by atoms with Crippen molar-refractivity contribution in [2.75, 3.05) is 19.8 Å². The van der Waals surface area contributed by atoms with Gasteiger partial charge in [0.15, 0.2) is 5.58 Å². The SMILES string of the molecule is CN(C)C(=O)[C@H](OC(=O)CSc1nc2ccccc2o1)c1ccccc1. The van der Waals surface area contributed by atoms with Crippen LogP contribution in [0.25, 0.3) is 11.1 Å². The molecule has 1 amide bonds. The minimum absolute atomic E-state index is 0.00311. The van der Waals surface area contributed by atoms with Crippen molar-refractivity contribution in [2.24, 2.45) is 0 Å². The highest BCUT2D eigenvalue weighted by molar-refractivity contribution is 7.99. The Bertz CT molecular complexity index is 875. The van der Waals surface area contributed by atoms with Crippen LogP contribution in [-0.4, -0.2) is 41.6 Å². The number of likely N-dealkylation sites (N-methyl/N-ethyl adjacent to an activating group) is 1. The number of carbonyl (C=O) groups is 2. The highest BCUT2D eigenvalue weighted by atomic mass is 32.2. The van der Waals surface area contributed by atoms with Crippen LogP contribution in [0.3, 0.4) is 0 Å². The number of esters is 1. The molecule has 7 heteroatoms. The van der Waals surface area contributed by atoms with Crippen molar-refractivity contribution in [3.05, 3.63) is 60.2 Å². The summed E-state index contributed by atoms with van der Waals surface area (Å²) in [4.78, 5) is 30.3. The van der Waals surface area contributed by atoms with Crippen molar-refractivity contribution in [1.82, 2.24) is 9.88 Å². The molecule has 0 aliphatic heterocycles. The van der Waals surface area contributed by atoms with Crippen LogP contribution in [0.1, 0.15) is 11.7 Å². The van der Waals surface area contributed by atoms with Crippen LogP contribution in [0.15, 0.2) is 64.2 Å². The molecule has 26 heavy (non-hydrogen) atoms. The molecule has 3 rings (SSSR count). The number of hydrogen-bond donors (Lipinski definition) is 0. The van der Waals surface area contributed by atoms with Crippen LogP contribution in [-0.2, 0) is 14.3 Å². The molecule has 0 saturated carbocycles. The smallest absolute Gasteiger partial charge is 0.317 e. The van der Waals surface area contributed by atoms with Crippen molar-refractivity contribution in [3.8, 4) is 0 Å². The fraction of sp³-hybridized carbons (Fsp3) is 0.211. The van der Waals surface area contributed by atoms with Crippen molar-refractivity contribution in [1.29, 1.82) is 0 Å². The number of amides is 1. The predicted molar refractivity (Wildman–Crippen MR) is 98.7 cm³/mol. The number of ether oxygens (including phenoxy) is 1. The number of hydrogen-bond acceptors (Lipinski definition) is 6. The summed E-state index contributed by atoms with van der Waals surface area (Å²) in [7, 11) is 3.25. The number of oxazole rings is 1. The Balaban J connectivity index is 1.66. The lowest BCUT2D eigenvalue weighted by molar-refractivity contribution is -0.157. The molecular formula is C19H18N2O4S. The van der Waals surface area contributed by atoms with E-state index in [1.165, 1.54) is 4.90 Å². The van der Waals surface area contributed by atoms with Crippen LogP contribution < -0.4 is 0 Å². The van der Waals surface area contributed by atoms with Crippen molar-refractivity contribution >= 4 is 34.7 Å². The van der Waals surface area contributed by atoms with Gasteiger partial charge in [0.05, 0.1) is 0 Å². The van der Waals surface area contributed by atoms with E-state index in [0.717, 1.165) is 17.3 Å². The van der Waals surface area contributed by atoms with Gasteiger partial charge in [0, 0.05) is 19.7 Å². The maximum Gasteiger partial charge on any atom is 0.317 e. The van der Waals surface area contributed by atoms with Crippen LogP contribution in [0.2, 0.25) is 0 Å². The zero-order valence-corrected chi connectivity index (χ0v) is 15.2. The number of carbonyl (C=O) groups excluding carboxylic acids is 2. The Labute approximate surface area is 155 Å². The van der Waals surface area contributed by atoms with E-state index >= 15 is 0 Å². The fourth-order valence-corrected chi connectivity index (χ4v) is 2.94. The van der Waals surface area contributed by atoms with Gasteiger partial charge in [-0.3, -0.25) is 9.59 Å². The standard InChI is InChI=1S/C19H18N2O4S/c1-21(2)18(23)17(13-8-4-3-5-9-13)25-16(22)12-26-19-20-14-10-6-7-11-15(14)24-19/h3-11,17H,12H2,1-2H3/t17-/m1/s1. The second-order valence-corrected chi connectivity index (χ2v) is 6.68. The molecule has 0 saturated heterocycles. The van der Waals surface area contributed by atoms with Crippen molar-refractivity contribution in [3.63, 3.8) is 0 Å². The number of thioether (sulfide) groups is 1. The van der Waals surface area contributed by atoms with E-state index in [-0.39, 0.29) is 11.7 Å². The third-order valence-electron chi connectivity index (χ3n) is 3.60. The van der Waals surface area contributed by atoms with Crippen molar-refractivity contribution < 1.29 is 18.7 Å². The number of fused-ring (bicyclic) bond motifs is 1. The number of rotatable bonds is 6. The van der Waals surface area contributed by atoms with E-state index in [1.807, 2.05) is 30.3 Å². The van der Waals surface area contributed by atoms with E-state index in [0.29, 0.717) is 16.4 Å². The largest absolute Gasteiger partial charge is 0.447 e. The molecule has 2 aromatic carbocycles. The van der Waals surface area contributed by atoms with Crippen LogP contribution in [0.4, 0.5) is 0 Å². The molecule has 6 nitrogen and oxygen atoms in total. The third-order valence-corrected chi connectivity index (χ3v) is 4.41. The summed E-state index contributed by atoms with van der Waals surface area (Å²) in [5.74, 6) is -0.811. The number of benzene rings is 2. The normalized spacial score (nSPS) is 11.9. The maximum atomic E-state index is 12.4. The summed E-state index contributed by atoms with van der Waals surface area (Å²) in [6.07, 6.45) is -0.970. The number of para-hydroxylation sites is 2. The zero-order chi connectivity index (χ0) is 18.5. The first-order chi connectivity index (χ1) is 12.5. The Hall–Kier alpha value is -2.80. The van der Waals surface area contributed by atoms with E-state index < -0.39 is 12.1 Å². The van der Waals surface area contributed by atoms with Crippen LogP contribution in [0, 0.1) is 0 Å². The molecule has 3 aromatic rings. The highest BCUT2D eigenvalue weighted by Crippen LogP contribution is 2.25. The Morgan fingerprint density at radius 2 is 1.81 bits per heavy atom. The van der Waals surface area contributed by atoms with Crippen LogP contribution in [0.5, 0.6) is 0 Å². The topological polar surface area (TPSA) is 72.6 Å². The Morgan fingerprint density at radius 1 is 1.12 bits per heavy atom. The molecule has 0 aliphatic carbocycles. The summed E-state index contributed by atoms with van der Waals surface area (Å²) in [5.41, 5.74) is 2.02. The second kappa shape index (κ2) is 8.05.